The van der Waals surface area contributed by atoms with Gasteiger partial charge in [-0.2, -0.15) is 4.98 Å². The van der Waals surface area contributed by atoms with Gasteiger partial charge in [-0.1, -0.05) is 6.08 Å². The molecule has 2 aromatic rings. The second kappa shape index (κ2) is 5.35. The molecule has 1 aliphatic rings. The van der Waals surface area contributed by atoms with E-state index in [1.807, 2.05) is 12.1 Å². The number of carboxylic acid groups (broad SMARTS) is 1. The minimum Gasteiger partial charge on any atom is -0.481 e. The summed E-state index contributed by atoms with van der Waals surface area (Å²) in [7, 11) is 1.56. The lowest BCUT2D eigenvalue weighted by molar-refractivity contribution is 0.150. The fraction of sp³-hybridized carbons (Fsp3) is 0.286. The summed E-state index contributed by atoms with van der Waals surface area (Å²) in [4.78, 5) is 25.1. The lowest BCUT2D eigenvalue weighted by Crippen LogP contribution is -2.33. The number of rotatable bonds is 2. The van der Waals surface area contributed by atoms with Crippen LogP contribution in [0.4, 0.5) is 4.79 Å². The van der Waals surface area contributed by atoms with Crippen LogP contribution in [0.2, 0.25) is 0 Å². The van der Waals surface area contributed by atoms with Crippen LogP contribution in [0.25, 0.3) is 16.6 Å². The second-order valence-corrected chi connectivity index (χ2v) is 4.66. The van der Waals surface area contributed by atoms with Crippen molar-refractivity contribution in [1.82, 2.24) is 19.9 Å². The Bertz CT molecular complexity index is 729. The fourth-order valence-electron chi connectivity index (χ4n) is 2.35. The maximum atomic E-state index is 10.9. The van der Waals surface area contributed by atoms with Gasteiger partial charge >= 0.3 is 6.09 Å². The molecule has 1 N–H and O–H groups in total. The van der Waals surface area contributed by atoms with Gasteiger partial charge in [0.05, 0.1) is 12.8 Å². The highest BCUT2D eigenvalue weighted by Crippen LogP contribution is 2.26. The smallest absolute Gasteiger partial charge is 0.407 e. The summed E-state index contributed by atoms with van der Waals surface area (Å²) in [5, 5.41) is 9.81. The number of methoxy groups -OCH3 is 1. The van der Waals surface area contributed by atoms with Gasteiger partial charge in [0, 0.05) is 24.5 Å². The fourth-order valence-corrected chi connectivity index (χ4v) is 2.35. The van der Waals surface area contributed by atoms with Crippen LogP contribution in [0.3, 0.4) is 0 Å². The molecule has 3 rings (SSSR count). The Hall–Kier alpha value is -2.70. The van der Waals surface area contributed by atoms with E-state index in [1.165, 1.54) is 11.2 Å². The van der Waals surface area contributed by atoms with Gasteiger partial charge in [-0.3, -0.25) is 0 Å². The van der Waals surface area contributed by atoms with Crippen molar-refractivity contribution in [3.8, 4) is 5.88 Å². The molecule has 7 nitrogen and oxygen atoms in total. The molecule has 0 saturated carbocycles. The van der Waals surface area contributed by atoms with Gasteiger partial charge in [0.1, 0.15) is 6.33 Å². The zero-order valence-electron chi connectivity index (χ0n) is 11.5. The number of fused-ring (bicyclic) bond motifs is 1. The minimum absolute atomic E-state index is 0.375. The maximum absolute atomic E-state index is 10.9. The highest BCUT2D eigenvalue weighted by Gasteiger charge is 2.19. The van der Waals surface area contributed by atoms with Crippen molar-refractivity contribution in [2.45, 2.75) is 6.42 Å². The van der Waals surface area contributed by atoms with Crippen molar-refractivity contribution in [3.05, 3.63) is 30.2 Å². The third-order valence-electron chi connectivity index (χ3n) is 3.46. The van der Waals surface area contributed by atoms with Crippen LogP contribution in [-0.4, -0.2) is 51.3 Å². The molecule has 0 fully saturated rings. The molecule has 1 aliphatic heterocycles. The summed E-state index contributed by atoms with van der Waals surface area (Å²) in [5.41, 5.74) is 2.40. The zero-order chi connectivity index (χ0) is 14.8. The highest BCUT2D eigenvalue weighted by atomic mass is 16.5. The van der Waals surface area contributed by atoms with Gasteiger partial charge in [-0.15, -0.1) is 0 Å². The third-order valence-corrected chi connectivity index (χ3v) is 3.46. The highest BCUT2D eigenvalue weighted by molar-refractivity contribution is 5.88. The molecule has 2 aromatic heterocycles. The van der Waals surface area contributed by atoms with Crippen LogP contribution in [0.5, 0.6) is 5.88 Å². The number of nitrogens with zero attached hydrogens (tertiary/aromatic N) is 4. The molecule has 108 valence electrons. The Kier molecular flexibility index (Phi) is 3.39. The number of pyridine rings is 1. The van der Waals surface area contributed by atoms with Gasteiger partial charge in [0.2, 0.25) is 5.88 Å². The van der Waals surface area contributed by atoms with Gasteiger partial charge in [-0.05, 0) is 18.1 Å². The zero-order valence-corrected chi connectivity index (χ0v) is 11.5. The molecular weight excluding hydrogens is 272 g/mol. The number of aromatic nitrogens is 3. The predicted molar refractivity (Wildman–Crippen MR) is 76.1 cm³/mol. The Balaban J connectivity index is 1.99. The SMILES string of the molecule is COc1ccc2c(C3=CCN(C(=O)O)CC3)ncnc2n1. The maximum Gasteiger partial charge on any atom is 0.407 e. The summed E-state index contributed by atoms with van der Waals surface area (Å²) < 4.78 is 5.09. The van der Waals surface area contributed by atoms with E-state index >= 15 is 0 Å². The second-order valence-electron chi connectivity index (χ2n) is 4.66. The first-order valence-electron chi connectivity index (χ1n) is 6.52. The molecule has 0 bridgehead atoms. The first-order chi connectivity index (χ1) is 10.2. The van der Waals surface area contributed by atoms with E-state index in [1.54, 1.807) is 13.2 Å². The molecule has 21 heavy (non-hydrogen) atoms. The van der Waals surface area contributed by atoms with E-state index in [-0.39, 0.29) is 0 Å². The van der Waals surface area contributed by atoms with Gasteiger partial charge in [0.25, 0.3) is 0 Å². The van der Waals surface area contributed by atoms with E-state index in [0.717, 1.165) is 16.7 Å². The summed E-state index contributed by atoms with van der Waals surface area (Å²) in [6, 6.07) is 3.64. The molecule has 0 aliphatic carbocycles. The summed E-state index contributed by atoms with van der Waals surface area (Å²) in [6.07, 6.45) is 3.09. The predicted octanol–water partition coefficient (Wildman–Crippen LogP) is 1.80. The number of carbonyl (C=O) groups is 1. The first-order valence-corrected chi connectivity index (χ1v) is 6.52. The standard InChI is InChI=1S/C14H14N4O3/c1-21-11-3-2-10-12(15-8-16-13(10)17-11)9-4-6-18(7-5-9)14(19)20/h2-4,8H,5-7H2,1H3,(H,19,20). The van der Waals surface area contributed by atoms with Crippen molar-refractivity contribution < 1.29 is 14.6 Å². The molecular formula is C14H14N4O3. The van der Waals surface area contributed by atoms with Crippen molar-refractivity contribution in [3.63, 3.8) is 0 Å². The van der Waals surface area contributed by atoms with Gasteiger partial charge < -0.3 is 14.7 Å². The van der Waals surface area contributed by atoms with E-state index in [4.69, 9.17) is 9.84 Å². The van der Waals surface area contributed by atoms with Crippen molar-refractivity contribution in [1.29, 1.82) is 0 Å². The van der Waals surface area contributed by atoms with Crippen LogP contribution in [0, 0.1) is 0 Å². The van der Waals surface area contributed by atoms with E-state index in [2.05, 4.69) is 15.0 Å². The van der Waals surface area contributed by atoms with Gasteiger partial charge in [-0.25, -0.2) is 14.8 Å². The van der Waals surface area contributed by atoms with Crippen molar-refractivity contribution in [2.24, 2.45) is 0 Å². The van der Waals surface area contributed by atoms with Crippen LogP contribution in [0.1, 0.15) is 12.1 Å². The van der Waals surface area contributed by atoms with Crippen molar-refractivity contribution >= 4 is 22.7 Å². The lowest BCUT2D eigenvalue weighted by atomic mass is 10.0. The quantitative estimate of drug-likeness (QED) is 0.905. The Morgan fingerprint density at radius 3 is 2.90 bits per heavy atom. The number of hydrogen-bond acceptors (Lipinski definition) is 5. The first kappa shape index (κ1) is 13.3. The normalized spacial score (nSPS) is 14.9. The molecule has 1 amide bonds. The monoisotopic (exact) mass is 286 g/mol. The van der Waals surface area contributed by atoms with E-state index in [9.17, 15) is 4.79 Å². The number of hydrogen-bond donors (Lipinski definition) is 1. The molecule has 0 aromatic carbocycles. The molecule has 7 heteroatoms. The molecule has 3 heterocycles. The van der Waals surface area contributed by atoms with Crippen molar-refractivity contribution in [2.75, 3.05) is 20.2 Å². The lowest BCUT2D eigenvalue weighted by Gasteiger charge is -2.23. The Morgan fingerprint density at radius 2 is 2.24 bits per heavy atom. The Morgan fingerprint density at radius 1 is 1.38 bits per heavy atom. The largest absolute Gasteiger partial charge is 0.481 e. The van der Waals surface area contributed by atoms with Gasteiger partial charge in [0.15, 0.2) is 5.65 Å². The Labute approximate surface area is 120 Å². The van der Waals surface area contributed by atoms with Crippen LogP contribution < -0.4 is 4.74 Å². The molecule has 0 spiro atoms. The van der Waals surface area contributed by atoms with Crippen LogP contribution in [0.15, 0.2) is 24.5 Å². The number of ether oxygens (including phenoxy) is 1. The molecule has 0 atom stereocenters. The average molecular weight is 286 g/mol. The van der Waals surface area contributed by atoms with Crippen LogP contribution in [-0.2, 0) is 0 Å². The van der Waals surface area contributed by atoms with E-state index in [0.29, 0.717) is 31.0 Å². The van der Waals surface area contributed by atoms with Crippen LogP contribution >= 0.6 is 0 Å². The molecule has 0 saturated heterocycles. The summed E-state index contributed by atoms with van der Waals surface area (Å²) in [5.74, 6) is 0.502. The molecule has 0 radical (unpaired) electrons. The minimum atomic E-state index is -0.899. The topological polar surface area (TPSA) is 88.4 Å². The number of amides is 1. The summed E-state index contributed by atoms with van der Waals surface area (Å²) >= 11 is 0. The van der Waals surface area contributed by atoms with E-state index < -0.39 is 6.09 Å². The third kappa shape index (κ3) is 2.49. The summed E-state index contributed by atoms with van der Waals surface area (Å²) in [6.45, 7) is 0.843. The molecule has 0 unspecified atom stereocenters. The average Bonchev–Trinajstić information content (AvgIpc) is 2.53.